The Labute approximate surface area is 93.8 Å². The average Bonchev–Trinajstić information content (AvgIpc) is 2.77. The second kappa shape index (κ2) is 5.72. The number of rotatable bonds is 5. The monoisotopic (exact) mass is 227 g/mol. The SMILES string of the molecule is CCC(N[C@@H](C)c1cccs1)/C(N)=N/O. The summed E-state index contributed by atoms with van der Waals surface area (Å²) in [4.78, 5) is 1.25. The maximum atomic E-state index is 8.61. The van der Waals surface area contributed by atoms with Crippen LogP contribution >= 0.6 is 11.3 Å². The molecule has 84 valence electrons. The van der Waals surface area contributed by atoms with Gasteiger partial charge in [-0.15, -0.1) is 11.3 Å². The van der Waals surface area contributed by atoms with E-state index < -0.39 is 0 Å². The molecular formula is C10H17N3OS. The van der Waals surface area contributed by atoms with E-state index in [-0.39, 0.29) is 17.9 Å². The number of hydrogen-bond acceptors (Lipinski definition) is 4. The molecule has 0 spiro atoms. The predicted octanol–water partition coefficient (Wildman–Crippen LogP) is 1.92. The van der Waals surface area contributed by atoms with Crippen molar-refractivity contribution < 1.29 is 5.21 Å². The molecule has 0 radical (unpaired) electrons. The van der Waals surface area contributed by atoms with Gasteiger partial charge in [0.25, 0.3) is 0 Å². The first kappa shape index (κ1) is 12.0. The lowest BCUT2D eigenvalue weighted by atomic mass is 10.1. The van der Waals surface area contributed by atoms with E-state index >= 15 is 0 Å². The fourth-order valence-electron chi connectivity index (χ4n) is 1.40. The average molecular weight is 227 g/mol. The summed E-state index contributed by atoms with van der Waals surface area (Å²) in [6.45, 7) is 4.07. The van der Waals surface area contributed by atoms with Gasteiger partial charge in [0.2, 0.25) is 0 Å². The van der Waals surface area contributed by atoms with E-state index in [1.54, 1.807) is 11.3 Å². The zero-order valence-corrected chi connectivity index (χ0v) is 9.79. The third kappa shape index (κ3) is 3.21. The molecule has 5 heteroatoms. The molecular weight excluding hydrogens is 210 g/mol. The summed E-state index contributed by atoms with van der Waals surface area (Å²) in [5.74, 6) is 0.237. The van der Waals surface area contributed by atoms with Crippen molar-refractivity contribution in [2.75, 3.05) is 0 Å². The van der Waals surface area contributed by atoms with E-state index in [1.807, 2.05) is 18.4 Å². The standard InChI is InChI=1S/C10H17N3OS/c1-3-8(10(11)13-14)12-7(2)9-5-4-6-15-9/h4-8,12,14H,3H2,1-2H3,(H2,11,13)/t7-,8?/m0/s1. The van der Waals surface area contributed by atoms with Crippen LogP contribution in [0.25, 0.3) is 0 Å². The van der Waals surface area contributed by atoms with Crippen LogP contribution in [0.4, 0.5) is 0 Å². The molecule has 0 aliphatic rings. The Balaban J connectivity index is 2.60. The second-order valence-corrected chi connectivity index (χ2v) is 4.37. The minimum Gasteiger partial charge on any atom is -0.409 e. The molecule has 4 N–H and O–H groups in total. The molecule has 1 aromatic heterocycles. The Bertz CT molecular complexity index is 310. The van der Waals surface area contributed by atoms with Crippen LogP contribution < -0.4 is 11.1 Å². The first-order valence-electron chi connectivity index (χ1n) is 4.95. The first-order valence-corrected chi connectivity index (χ1v) is 5.83. The van der Waals surface area contributed by atoms with Gasteiger partial charge in [-0.25, -0.2) is 0 Å². The number of nitrogens with two attached hydrogens (primary N) is 1. The van der Waals surface area contributed by atoms with Crippen LogP contribution in [0.1, 0.15) is 31.2 Å². The lowest BCUT2D eigenvalue weighted by molar-refractivity contribution is 0.313. The molecule has 1 aromatic rings. The van der Waals surface area contributed by atoms with Crippen LogP contribution in [0.15, 0.2) is 22.7 Å². The highest BCUT2D eigenvalue weighted by molar-refractivity contribution is 7.10. The van der Waals surface area contributed by atoms with Crippen molar-refractivity contribution in [3.63, 3.8) is 0 Å². The maximum absolute atomic E-state index is 8.61. The normalized spacial score (nSPS) is 16.3. The molecule has 2 atom stereocenters. The Morgan fingerprint density at radius 3 is 2.93 bits per heavy atom. The van der Waals surface area contributed by atoms with Crippen molar-refractivity contribution in [2.24, 2.45) is 10.9 Å². The molecule has 0 aromatic carbocycles. The van der Waals surface area contributed by atoms with Crippen LogP contribution in [-0.2, 0) is 0 Å². The summed E-state index contributed by atoms with van der Waals surface area (Å²) in [5, 5.41) is 17.0. The highest BCUT2D eigenvalue weighted by atomic mass is 32.1. The third-order valence-corrected chi connectivity index (χ3v) is 3.36. The molecule has 1 heterocycles. The van der Waals surface area contributed by atoms with Crippen LogP contribution in [0.5, 0.6) is 0 Å². The fraction of sp³-hybridized carbons (Fsp3) is 0.500. The van der Waals surface area contributed by atoms with Gasteiger partial charge in [-0.3, -0.25) is 5.32 Å². The van der Waals surface area contributed by atoms with Gasteiger partial charge in [-0.1, -0.05) is 18.1 Å². The lowest BCUT2D eigenvalue weighted by Gasteiger charge is -2.20. The Hall–Kier alpha value is -1.07. The number of nitrogens with one attached hydrogen (secondary N) is 1. The van der Waals surface area contributed by atoms with Gasteiger partial charge >= 0.3 is 0 Å². The van der Waals surface area contributed by atoms with Crippen molar-refractivity contribution in [3.05, 3.63) is 22.4 Å². The Kier molecular flexibility index (Phi) is 4.58. The van der Waals surface area contributed by atoms with Crippen LogP contribution in [-0.4, -0.2) is 17.1 Å². The van der Waals surface area contributed by atoms with E-state index in [2.05, 4.69) is 23.5 Å². The summed E-state index contributed by atoms with van der Waals surface area (Å²) >= 11 is 1.70. The summed E-state index contributed by atoms with van der Waals surface area (Å²) < 4.78 is 0. The number of amidine groups is 1. The van der Waals surface area contributed by atoms with E-state index in [0.29, 0.717) is 0 Å². The molecule has 0 aliphatic heterocycles. The molecule has 0 aliphatic carbocycles. The Morgan fingerprint density at radius 2 is 2.47 bits per heavy atom. The molecule has 15 heavy (non-hydrogen) atoms. The van der Waals surface area contributed by atoms with Crippen molar-refractivity contribution in [1.29, 1.82) is 0 Å². The number of nitrogens with zero attached hydrogens (tertiary/aromatic N) is 1. The van der Waals surface area contributed by atoms with Crippen LogP contribution in [0, 0.1) is 0 Å². The van der Waals surface area contributed by atoms with E-state index in [1.165, 1.54) is 4.88 Å². The van der Waals surface area contributed by atoms with Crippen LogP contribution in [0.3, 0.4) is 0 Å². The maximum Gasteiger partial charge on any atom is 0.156 e. The first-order chi connectivity index (χ1) is 7.19. The largest absolute Gasteiger partial charge is 0.409 e. The van der Waals surface area contributed by atoms with Crippen molar-refractivity contribution in [1.82, 2.24) is 5.32 Å². The predicted molar refractivity (Wildman–Crippen MR) is 63.4 cm³/mol. The number of thiophene rings is 1. The smallest absolute Gasteiger partial charge is 0.156 e. The minimum absolute atomic E-state index is 0.0768. The Morgan fingerprint density at radius 1 is 1.73 bits per heavy atom. The molecule has 1 unspecified atom stereocenters. The molecule has 0 fully saturated rings. The number of hydrogen-bond donors (Lipinski definition) is 3. The summed E-state index contributed by atoms with van der Waals surface area (Å²) in [7, 11) is 0. The highest BCUT2D eigenvalue weighted by Gasteiger charge is 2.15. The summed E-state index contributed by atoms with van der Waals surface area (Å²) in [5.41, 5.74) is 5.57. The van der Waals surface area contributed by atoms with Crippen LogP contribution in [0.2, 0.25) is 0 Å². The summed E-state index contributed by atoms with van der Waals surface area (Å²) in [6, 6.07) is 4.23. The molecule has 0 saturated heterocycles. The molecule has 0 amide bonds. The zero-order valence-electron chi connectivity index (χ0n) is 8.97. The van der Waals surface area contributed by atoms with Gasteiger partial charge in [0.1, 0.15) is 0 Å². The van der Waals surface area contributed by atoms with E-state index in [9.17, 15) is 0 Å². The van der Waals surface area contributed by atoms with E-state index in [0.717, 1.165) is 6.42 Å². The molecule has 0 bridgehead atoms. The summed E-state index contributed by atoms with van der Waals surface area (Å²) in [6.07, 6.45) is 0.797. The quantitative estimate of drug-likeness (QED) is 0.311. The van der Waals surface area contributed by atoms with Gasteiger partial charge in [-0.05, 0) is 24.8 Å². The van der Waals surface area contributed by atoms with Crippen molar-refractivity contribution in [2.45, 2.75) is 32.4 Å². The third-order valence-electron chi connectivity index (χ3n) is 2.30. The topological polar surface area (TPSA) is 70.6 Å². The van der Waals surface area contributed by atoms with Gasteiger partial charge in [0, 0.05) is 10.9 Å². The van der Waals surface area contributed by atoms with Gasteiger partial charge < -0.3 is 10.9 Å². The van der Waals surface area contributed by atoms with E-state index in [4.69, 9.17) is 10.9 Å². The van der Waals surface area contributed by atoms with Gasteiger partial charge in [0.15, 0.2) is 5.84 Å². The zero-order chi connectivity index (χ0) is 11.3. The molecule has 4 nitrogen and oxygen atoms in total. The second-order valence-electron chi connectivity index (χ2n) is 3.39. The van der Waals surface area contributed by atoms with Gasteiger partial charge in [-0.2, -0.15) is 0 Å². The van der Waals surface area contributed by atoms with Crippen molar-refractivity contribution in [3.8, 4) is 0 Å². The minimum atomic E-state index is -0.0768. The molecule has 0 saturated carbocycles. The molecule has 1 rings (SSSR count). The van der Waals surface area contributed by atoms with Gasteiger partial charge in [0.05, 0.1) is 6.04 Å². The lowest BCUT2D eigenvalue weighted by Crippen LogP contribution is -2.41. The fourth-order valence-corrected chi connectivity index (χ4v) is 2.15. The number of oxime groups is 1. The van der Waals surface area contributed by atoms with Crippen molar-refractivity contribution >= 4 is 17.2 Å². The highest BCUT2D eigenvalue weighted by Crippen LogP contribution is 2.18.